The number of halogens is 1. The number of carboxylic acids is 1. The Morgan fingerprint density at radius 1 is 1.19 bits per heavy atom. The van der Waals surface area contributed by atoms with Gasteiger partial charge in [-0.25, -0.2) is 4.39 Å². The van der Waals surface area contributed by atoms with E-state index in [0.29, 0.717) is 49.0 Å². The van der Waals surface area contributed by atoms with Crippen molar-refractivity contribution >= 4 is 12.0 Å². The van der Waals surface area contributed by atoms with Crippen LogP contribution in [-0.4, -0.2) is 42.2 Å². The van der Waals surface area contributed by atoms with Crippen LogP contribution in [0.2, 0.25) is 0 Å². The highest BCUT2D eigenvalue weighted by Gasteiger charge is 2.33. The van der Waals surface area contributed by atoms with E-state index in [1.165, 1.54) is 11.6 Å². The summed E-state index contributed by atoms with van der Waals surface area (Å²) in [5.74, 6) is 5.80. The fourth-order valence-electron chi connectivity index (χ4n) is 3.91. The maximum Gasteiger partial charge on any atom is 0.309 e. The van der Waals surface area contributed by atoms with Gasteiger partial charge in [0.25, 0.3) is 0 Å². The van der Waals surface area contributed by atoms with Gasteiger partial charge in [0.05, 0.1) is 11.5 Å². The molecule has 0 unspecified atom stereocenters. The van der Waals surface area contributed by atoms with Crippen LogP contribution in [0.4, 0.5) is 4.39 Å². The highest BCUT2D eigenvalue weighted by atomic mass is 19.1. The quantitative estimate of drug-likeness (QED) is 0.738. The third kappa shape index (κ3) is 5.15. The summed E-state index contributed by atoms with van der Waals surface area (Å²) < 4.78 is 20.5. The van der Waals surface area contributed by atoms with E-state index < -0.39 is 5.97 Å². The summed E-state index contributed by atoms with van der Waals surface area (Å²) in [5, 5.41) is 8.98. The van der Waals surface area contributed by atoms with Crippen molar-refractivity contribution in [2.24, 2.45) is 11.8 Å². The fourth-order valence-corrected chi connectivity index (χ4v) is 3.91. The van der Waals surface area contributed by atoms with E-state index in [1.807, 2.05) is 23.1 Å². The van der Waals surface area contributed by atoms with Crippen LogP contribution in [0, 0.1) is 29.5 Å². The number of rotatable bonds is 5. The average molecular weight is 419 g/mol. The maximum atomic E-state index is 14.7. The summed E-state index contributed by atoms with van der Waals surface area (Å²) >= 11 is 0. The number of hydrogen-bond donors (Lipinski definition) is 1. The van der Waals surface area contributed by atoms with Crippen molar-refractivity contribution in [3.63, 3.8) is 0 Å². The Balaban J connectivity index is 1.44. The number of carboxylic acid groups (broad SMARTS) is 1. The van der Waals surface area contributed by atoms with Crippen molar-refractivity contribution in [3.8, 4) is 17.6 Å². The van der Waals surface area contributed by atoms with E-state index in [9.17, 15) is 9.18 Å². The molecule has 0 spiro atoms. The van der Waals surface area contributed by atoms with Gasteiger partial charge >= 0.3 is 5.97 Å². The maximum absolute atomic E-state index is 14.7. The molecule has 0 bridgehead atoms. The lowest BCUT2D eigenvalue weighted by Crippen LogP contribution is -2.51. The van der Waals surface area contributed by atoms with Gasteiger partial charge in [0.2, 0.25) is 0 Å². The molecular formula is C26H26FNO3. The van der Waals surface area contributed by atoms with Gasteiger partial charge in [0.1, 0.15) is 18.2 Å². The molecule has 1 N–H and O–H groups in total. The van der Waals surface area contributed by atoms with Crippen molar-refractivity contribution in [3.05, 3.63) is 70.0 Å². The Morgan fingerprint density at radius 2 is 1.90 bits per heavy atom. The highest BCUT2D eigenvalue weighted by molar-refractivity contribution is 5.71. The Kier molecular flexibility index (Phi) is 6.11. The topological polar surface area (TPSA) is 49.8 Å². The molecule has 2 aromatic carbocycles. The minimum atomic E-state index is -0.762. The third-order valence-electron chi connectivity index (χ3n) is 5.54. The molecule has 0 atom stereocenters. The van der Waals surface area contributed by atoms with Crippen molar-refractivity contribution in [1.29, 1.82) is 0 Å². The highest BCUT2D eigenvalue weighted by Crippen LogP contribution is 2.31. The lowest BCUT2D eigenvalue weighted by molar-refractivity contribution is -0.147. The number of aliphatic carboxylic acids is 1. The number of benzene rings is 2. The minimum Gasteiger partial charge on any atom is -0.488 e. The second-order valence-electron chi connectivity index (χ2n) is 8.74. The monoisotopic (exact) mass is 419 g/mol. The van der Waals surface area contributed by atoms with Crippen LogP contribution in [0.15, 0.2) is 42.0 Å². The molecule has 1 fully saturated rings. The van der Waals surface area contributed by atoms with Crippen LogP contribution < -0.4 is 4.74 Å². The molecule has 2 aliphatic rings. The molecule has 2 aliphatic heterocycles. The van der Waals surface area contributed by atoms with Crippen molar-refractivity contribution in [1.82, 2.24) is 4.90 Å². The van der Waals surface area contributed by atoms with E-state index in [2.05, 4.69) is 37.8 Å². The minimum absolute atomic E-state index is 0.304. The molecule has 5 heteroatoms. The second kappa shape index (κ2) is 8.95. The Hall–Kier alpha value is -3.10. The fraction of sp³-hybridized carbons (Fsp3) is 0.346. The van der Waals surface area contributed by atoms with Crippen LogP contribution in [-0.2, 0) is 11.2 Å². The second-order valence-corrected chi connectivity index (χ2v) is 8.74. The van der Waals surface area contributed by atoms with E-state index in [4.69, 9.17) is 9.84 Å². The summed E-state index contributed by atoms with van der Waals surface area (Å²) in [5.41, 5.74) is 4.12. The summed E-state index contributed by atoms with van der Waals surface area (Å²) in [6.07, 6.45) is 2.85. The van der Waals surface area contributed by atoms with Gasteiger partial charge < -0.3 is 9.84 Å². The zero-order valence-corrected chi connectivity index (χ0v) is 17.8. The van der Waals surface area contributed by atoms with Crippen LogP contribution in [0.3, 0.4) is 0 Å². The van der Waals surface area contributed by atoms with Gasteiger partial charge in [-0.3, -0.25) is 9.69 Å². The van der Waals surface area contributed by atoms with Gasteiger partial charge in [-0.05, 0) is 53.8 Å². The molecule has 4 rings (SSSR count). The van der Waals surface area contributed by atoms with Crippen molar-refractivity contribution < 1.29 is 19.0 Å². The van der Waals surface area contributed by atoms with E-state index in [0.717, 1.165) is 17.6 Å². The summed E-state index contributed by atoms with van der Waals surface area (Å²) in [4.78, 5) is 13.0. The molecule has 1 saturated heterocycles. The number of nitrogens with zero attached hydrogens (tertiary/aromatic N) is 1. The SMILES string of the molecule is CC(C)Cc1ccc(C#Cc2cc(F)c3c(c2)OCC(CN2CC(C(=O)O)C2)=C3)cc1. The first-order chi connectivity index (χ1) is 14.9. The van der Waals surface area contributed by atoms with Gasteiger partial charge in [0, 0.05) is 30.8 Å². The number of carbonyl (C=O) groups is 1. The Morgan fingerprint density at radius 3 is 2.58 bits per heavy atom. The Bertz CT molecular complexity index is 1070. The number of fused-ring (bicyclic) bond motifs is 1. The molecule has 2 aromatic rings. The van der Waals surface area contributed by atoms with Crippen molar-refractivity contribution in [2.45, 2.75) is 20.3 Å². The van der Waals surface area contributed by atoms with Gasteiger partial charge in [0.15, 0.2) is 0 Å². The zero-order valence-electron chi connectivity index (χ0n) is 17.8. The molecule has 4 nitrogen and oxygen atoms in total. The van der Waals surface area contributed by atoms with Crippen LogP contribution in [0.5, 0.6) is 5.75 Å². The summed E-state index contributed by atoms with van der Waals surface area (Å²) in [7, 11) is 0. The van der Waals surface area contributed by atoms with E-state index >= 15 is 0 Å². The molecule has 0 saturated carbocycles. The first-order valence-corrected chi connectivity index (χ1v) is 10.6. The van der Waals surface area contributed by atoms with Crippen LogP contribution in [0.1, 0.15) is 36.1 Å². The van der Waals surface area contributed by atoms with E-state index in [1.54, 1.807) is 6.07 Å². The van der Waals surface area contributed by atoms with Crippen LogP contribution >= 0.6 is 0 Å². The molecular weight excluding hydrogens is 393 g/mol. The van der Waals surface area contributed by atoms with Gasteiger partial charge in [-0.1, -0.05) is 37.8 Å². The molecule has 31 heavy (non-hydrogen) atoms. The number of hydrogen-bond acceptors (Lipinski definition) is 3. The van der Waals surface area contributed by atoms with E-state index in [-0.39, 0.29) is 11.7 Å². The van der Waals surface area contributed by atoms with Gasteiger partial charge in [-0.2, -0.15) is 0 Å². The smallest absolute Gasteiger partial charge is 0.309 e. The predicted octanol–water partition coefficient (Wildman–Crippen LogP) is 4.22. The number of ether oxygens (including phenoxy) is 1. The van der Waals surface area contributed by atoms with Crippen LogP contribution in [0.25, 0.3) is 6.08 Å². The summed E-state index contributed by atoms with van der Waals surface area (Å²) in [6, 6.07) is 11.4. The zero-order chi connectivity index (χ0) is 22.0. The standard InChI is InChI=1S/C26H26FNO3/c1-17(2)9-19-6-3-18(4-7-19)5-8-20-11-24(27)23-10-21(16-31-25(23)12-20)13-28-14-22(15-28)26(29)30/h3-4,6-7,10-12,17,22H,9,13-16H2,1-2H3,(H,29,30). The molecule has 0 radical (unpaired) electrons. The van der Waals surface area contributed by atoms with Crippen molar-refractivity contribution in [2.75, 3.05) is 26.2 Å². The first-order valence-electron chi connectivity index (χ1n) is 10.6. The normalized spacial score (nSPS) is 15.9. The summed E-state index contributed by atoms with van der Waals surface area (Å²) in [6.45, 7) is 6.40. The third-order valence-corrected chi connectivity index (χ3v) is 5.54. The van der Waals surface area contributed by atoms with Gasteiger partial charge in [-0.15, -0.1) is 0 Å². The molecule has 0 aromatic heterocycles. The molecule has 0 amide bonds. The molecule has 0 aliphatic carbocycles. The number of likely N-dealkylation sites (tertiary alicyclic amines) is 1. The predicted molar refractivity (Wildman–Crippen MR) is 118 cm³/mol. The Labute approximate surface area is 182 Å². The molecule has 2 heterocycles. The largest absolute Gasteiger partial charge is 0.488 e. The average Bonchev–Trinajstić information content (AvgIpc) is 2.69. The lowest BCUT2D eigenvalue weighted by atomic mass is 9.98. The first kappa shape index (κ1) is 21.1. The lowest BCUT2D eigenvalue weighted by Gasteiger charge is -2.37. The molecule has 160 valence electrons.